The van der Waals surface area contributed by atoms with Crippen molar-refractivity contribution >= 4 is 11.9 Å². The smallest absolute Gasteiger partial charge is 0.228 e. The summed E-state index contributed by atoms with van der Waals surface area (Å²) in [7, 11) is 1.62. The van der Waals surface area contributed by atoms with Crippen LogP contribution >= 0.6 is 0 Å². The molecule has 2 aliphatic heterocycles. The van der Waals surface area contributed by atoms with Crippen LogP contribution in [0.3, 0.4) is 0 Å². The van der Waals surface area contributed by atoms with Crippen molar-refractivity contribution in [3.05, 3.63) is 12.3 Å². The number of hydrogen-bond acceptors (Lipinski definition) is 5. The highest BCUT2D eigenvalue weighted by molar-refractivity contribution is 5.76. The van der Waals surface area contributed by atoms with Crippen molar-refractivity contribution in [3.8, 4) is 5.88 Å². The minimum Gasteiger partial charge on any atom is -0.481 e. The molecule has 1 aromatic rings. The fraction of sp³-hybridized carbons (Fsp3) is 0.737. The molecule has 3 heterocycles. The molecule has 6 heteroatoms. The molecule has 136 valence electrons. The van der Waals surface area contributed by atoms with Gasteiger partial charge in [0.2, 0.25) is 17.7 Å². The van der Waals surface area contributed by atoms with Crippen molar-refractivity contribution < 1.29 is 9.53 Å². The van der Waals surface area contributed by atoms with Crippen molar-refractivity contribution in [2.24, 2.45) is 17.8 Å². The molecule has 0 N–H and O–H groups in total. The molecule has 0 spiro atoms. The maximum atomic E-state index is 12.7. The molecule has 1 amide bonds. The molecule has 1 aliphatic carbocycles. The van der Waals surface area contributed by atoms with Gasteiger partial charge in [0, 0.05) is 44.9 Å². The number of carbonyl (C=O) groups excluding carboxylic acids is 1. The molecule has 2 atom stereocenters. The van der Waals surface area contributed by atoms with Crippen LogP contribution in [0.15, 0.2) is 12.3 Å². The Morgan fingerprint density at radius 2 is 1.92 bits per heavy atom. The van der Waals surface area contributed by atoms with Gasteiger partial charge in [-0.05, 0) is 43.4 Å². The first-order chi connectivity index (χ1) is 12.2. The van der Waals surface area contributed by atoms with E-state index in [1.807, 2.05) is 0 Å². The average molecular weight is 344 g/mol. The Balaban J connectivity index is 1.26. The maximum absolute atomic E-state index is 12.7. The fourth-order valence-electron chi connectivity index (χ4n) is 4.75. The van der Waals surface area contributed by atoms with Crippen LogP contribution in [-0.2, 0) is 4.79 Å². The second kappa shape index (κ2) is 7.18. The average Bonchev–Trinajstić information content (AvgIpc) is 3.24. The quantitative estimate of drug-likeness (QED) is 0.839. The van der Waals surface area contributed by atoms with Crippen LogP contribution in [0.5, 0.6) is 5.88 Å². The predicted molar refractivity (Wildman–Crippen MR) is 95.5 cm³/mol. The number of carbonyl (C=O) groups is 1. The van der Waals surface area contributed by atoms with Crippen LogP contribution in [0, 0.1) is 17.8 Å². The summed E-state index contributed by atoms with van der Waals surface area (Å²) in [6.07, 6.45) is 8.54. The van der Waals surface area contributed by atoms with Crippen LogP contribution in [0.4, 0.5) is 5.95 Å². The van der Waals surface area contributed by atoms with E-state index < -0.39 is 0 Å². The molecule has 3 fully saturated rings. The Morgan fingerprint density at radius 3 is 2.60 bits per heavy atom. The maximum Gasteiger partial charge on any atom is 0.228 e. The Bertz CT molecular complexity index is 603. The first-order valence-corrected chi connectivity index (χ1v) is 9.62. The molecule has 4 rings (SSSR count). The van der Waals surface area contributed by atoms with E-state index >= 15 is 0 Å². The zero-order valence-corrected chi connectivity index (χ0v) is 15.1. The van der Waals surface area contributed by atoms with Gasteiger partial charge in [0.25, 0.3) is 0 Å². The summed E-state index contributed by atoms with van der Waals surface area (Å²) in [5.41, 5.74) is 0. The van der Waals surface area contributed by atoms with Crippen LogP contribution in [0.2, 0.25) is 0 Å². The third-order valence-electron chi connectivity index (χ3n) is 6.27. The van der Waals surface area contributed by atoms with E-state index in [-0.39, 0.29) is 0 Å². The predicted octanol–water partition coefficient (Wildman–Crippen LogP) is 2.35. The molecule has 25 heavy (non-hydrogen) atoms. The minimum atomic E-state index is 0.380. The summed E-state index contributed by atoms with van der Waals surface area (Å²) in [6.45, 7) is 3.85. The Morgan fingerprint density at radius 1 is 1.20 bits per heavy atom. The highest BCUT2D eigenvalue weighted by Crippen LogP contribution is 2.38. The molecule has 0 bridgehead atoms. The number of piperidine rings is 1. The number of likely N-dealkylation sites (tertiary alicyclic amines) is 1. The SMILES string of the molecule is COc1ccnc(N2CCC(CC(=O)N3CC4CCCC4C3)CC2)n1. The highest BCUT2D eigenvalue weighted by Gasteiger charge is 2.38. The van der Waals surface area contributed by atoms with Gasteiger partial charge in [-0.3, -0.25) is 4.79 Å². The van der Waals surface area contributed by atoms with Gasteiger partial charge in [0.1, 0.15) is 0 Å². The number of amides is 1. The number of ether oxygens (including phenoxy) is 1. The van der Waals surface area contributed by atoms with Crippen LogP contribution in [-0.4, -0.2) is 54.1 Å². The van der Waals surface area contributed by atoms with Crippen molar-refractivity contribution in [1.29, 1.82) is 0 Å². The van der Waals surface area contributed by atoms with E-state index in [4.69, 9.17) is 4.74 Å². The molecule has 2 saturated heterocycles. The monoisotopic (exact) mass is 344 g/mol. The summed E-state index contributed by atoms with van der Waals surface area (Å²) < 4.78 is 5.18. The van der Waals surface area contributed by atoms with Gasteiger partial charge in [-0.25, -0.2) is 4.98 Å². The van der Waals surface area contributed by atoms with E-state index in [1.165, 1.54) is 19.3 Å². The fourth-order valence-corrected chi connectivity index (χ4v) is 4.75. The normalized spacial score (nSPS) is 26.8. The summed E-state index contributed by atoms with van der Waals surface area (Å²) >= 11 is 0. The van der Waals surface area contributed by atoms with Crippen molar-refractivity contribution in [3.63, 3.8) is 0 Å². The van der Waals surface area contributed by atoms with Crippen LogP contribution < -0.4 is 9.64 Å². The number of anilines is 1. The lowest BCUT2D eigenvalue weighted by Gasteiger charge is -2.32. The zero-order valence-electron chi connectivity index (χ0n) is 15.1. The highest BCUT2D eigenvalue weighted by atomic mass is 16.5. The molecule has 2 unspecified atom stereocenters. The van der Waals surface area contributed by atoms with Crippen molar-refractivity contribution in [1.82, 2.24) is 14.9 Å². The summed E-state index contributed by atoms with van der Waals surface area (Å²) in [5, 5.41) is 0. The third-order valence-corrected chi connectivity index (χ3v) is 6.27. The molecule has 3 aliphatic rings. The molecule has 1 aromatic heterocycles. The third kappa shape index (κ3) is 3.58. The van der Waals surface area contributed by atoms with E-state index in [2.05, 4.69) is 19.8 Å². The number of fused-ring (bicyclic) bond motifs is 1. The van der Waals surface area contributed by atoms with Gasteiger partial charge in [0.15, 0.2) is 0 Å². The van der Waals surface area contributed by atoms with Crippen molar-refractivity contribution in [2.75, 3.05) is 38.2 Å². The largest absolute Gasteiger partial charge is 0.481 e. The lowest BCUT2D eigenvalue weighted by atomic mass is 9.93. The number of nitrogens with zero attached hydrogens (tertiary/aromatic N) is 4. The second-order valence-corrected chi connectivity index (χ2v) is 7.78. The Labute approximate surface area is 149 Å². The van der Waals surface area contributed by atoms with Gasteiger partial charge in [-0.2, -0.15) is 4.98 Å². The molecular weight excluding hydrogens is 316 g/mol. The zero-order chi connectivity index (χ0) is 17.2. The van der Waals surface area contributed by atoms with E-state index in [1.54, 1.807) is 19.4 Å². The lowest BCUT2D eigenvalue weighted by molar-refractivity contribution is -0.131. The topological polar surface area (TPSA) is 58.6 Å². The molecule has 0 radical (unpaired) electrons. The number of aromatic nitrogens is 2. The summed E-state index contributed by atoms with van der Waals surface area (Å²) in [6, 6.07) is 1.76. The van der Waals surface area contributed by atoms with E-state index in [9.17, 15) is 4.79 Å². The Hall–Kier alpha value is -1.85. The lowest BCUT2D eigenvalue weighted by Crippen LogP contribution is -2.37. The van der Waals surface area contributed by atoms with Gasteiger partial charge >= 0.3 is 0 Å². The minimum absolute atomic E-state index is 0.380. The number of methoxy groups -OCH3 is 1. The van der Waals surface area contributed by atoms with Gasteiger partial charge < -0.3 is 14.5 Å². The van der Waals surface area contributed by atoms with Gasteiger partial charge in [0.05, 0.1) is 7.11 Å². The van der Waals surface area contributed by atoms with Gasteiger partial charge in [-0.1, -0.05) is 6.42 Å². The van der Waals surface area contributed by atoms with E-state index in [0.717, 1.165) is 56.8 Å². The van der Waals surface area contributed by atoms with Gasteiger partial charge in [-0.15, -0.1) is 0 Å². The number of hydrogen-bond donors (Lipinski definition) is 0. The molecular formula is C19H28N4O2. The van der Waals surface area contributed by atoms with Crippen LogP contribution in [0.25, 0.3) is 0 Å². The first kappa shape index (κ1) is 16.6. The van der Waals surface area contributed by atoms with Crippen LogP contribution in [0.1, 0.15) is 38.5 Å². The molecule has 0 aromatic carbocycles. The Kier molecular flexibility index (Phi) is 4.77. The molecule has 1 saturated carbocycles. The van der Waals surface area contributed by atoms with E-state index in [0.29, 0.717) is 24.1 Å². The first-order valence-electron chi connectivity index (χ1n) is 9.62. The standard InChI is InChI=1S/C19H28N4O2/c1-25-17-5-8-20-19(21-17)22-9-6-14(7-10-22)11-18(24)23-12-15-3-2-4-16(15)13-23/h5,8,14-16H,2-4,6-7,9-13H2,1H3. The van der Waals surface area contributed by atoms with Crippen molar-refractivity contribution in [2.45, 2.75) is 38.5 Å². The summed E-state index contributed by atoms with van der Waals surface area (Å²) in [4.78, 5) is 25.8. The molecule has 6 nitrogen and oxygen atoms in total. The summed E-state index contributed by atoms with van der Waals surface area (Å²) in [5.74, 6) is 3.78. The second-order valence-electron chi connectivity index (χ2n) is 7.78. The number of rotatable bonds is 4.